The number of hydrogen-bond donors (Lipinski definition) is 2. The minimum Gasteiger partial charge on any atom is -0.367 e. The zero-order chi connectivity index (χ0) is 18.3. The molecule has 0 saturated heterocycles. The summed E-state index contributed by atoms with van der Waals surface area (Å²) in [5.74, 6) is 0. The number of nitro benzene ring substituents is 1. The van der Waals surface area contributed by atoms with Gasteiger partial charge in [0.05, 0.1) is 16.0 Å². The van der Waals surface area contributed by atoms with Gasteiger partial charge in [0.15, 0.2) is 0 Å². The highest BCUT2D eigenvalue weighted by Crippen LogP contribution is 2.30. The molecule has 1 aromatic heterocycles. The van der Waals surface area contributed by atoms with Crippen LogP contribution in [0.4, 0.5) is 11.4 Å². The van der Waals surface area contributed by atoms with Crippen LogP contribution in [-0.2, 0) is 13.0 Å². The van der Waals surface area contributed by atoms with Crippen LogP contribution in [0.2, 0.25) is 0 Å². The fraction of sp³-hybridized carbons (Fsp3) is 0.222. The SMILES string of the molecule is Br.O=c1[nH]c2cc([N+](=O)[O-])cc(CN3CCCc4ccccc43)c2[nH]c1=O. The lowest BCUT2D eigenvalue weighted by Crippen LogP contribution is -2.31. The Hall–Kier alpha value is -2.94. The standard InChI is InChI=1S/C18H16N4O4.BrH/c23-17-18(24)20-16-12(8-13(22(25)26)9-14(16)19-17)10-21-7-3-5-11-4-1-2-6-15(11)21;/h1-2,4,6,8-9H,3,5,7,10H2,(H,19,23)(H,20,24);1H. The molecule has 3 aromatic rings. The number of benzene rings is 2. The van der Waals surface area contributed by atoms with Crippen LogP contribution in [0.1, 0.15) is 17.5 Å². The molecular weight excluding hydrogens is 416 g/mol. The smallest absolute Gasteiger partial charge is 0.314 e. The van der Waals surface area contributed by atoms with Crippen molar-refractivity contribution in [2.45, 2.75) is 19.4 Å². The molecule has 27 heavy (non-hydrogen) atoms. The number of aromatic amines is 2. The van der Waals surface area contributed by atoms with Crippen molar-refractivity contribution in [3.63, 3.8) is 0 Å². The second kappa shape index (κ2) is 7.36. The van der Waals surface area contributed by atoms with Gasteiger partial charge in [0.1, 0.15) is 0 Å². The summed E-state index contributed by atoms with van der Waals surface area (Å²) in [6.45, 7) is 1.21. The van der Waals surface area contributed by atoms with Crippen molar-refractivity contribution < 1.29 is 4.92 Å². The summed E-state index contributed by atoms with van der Waals surface area (Å²) in [6.07, 6.45) is 1.98. The van der Waals surface area contributed by atoms with Crippen molar-refractivity contribution in [3.05, 3.63) is 78.3 Å². The lowest BCUT2D eigenvalue weighted by molar-refractivity contribution is -0.384. The van der Waals surface area contributed by atoms with Gasteiger partial charge >= 0.3 is 11.1 Å². The molecule has 0 radical (unpaired) electrons. The molecule has 2 aromatic carbocycles. The van der Waals surface area contributed by atoms with Crippen LogP contribution < -0.4 is 16.0 Å². The van der Waals surface area contributed by atoms with E-state index in [1.165, 1.54) is 17.7 Å². The number of hydrogen-bond acceptors (Lipinski definition) is 5. The fourth-order valence-corrected chi connectivity index (χ4v) is 3.49. The zero-order valence-electron chi connectivity index (χ0n) is 14.2. The predicted octanol–water partition coefficient (Wildman–Crippen LogP) is 2.66. The number of rotatable bonds is 3. The van der Waals surface area contributed by atoms with E-state index in [1.807, 2.05) is 18.2 Å². The molecule has 8 nitrogen and oxygen atoms in total. The maximum Gasteiger partial charge on any atom is 0.314 e. The number of fused-ring (bicyclic) bond motifs is 2. The van der Waals surface area contributed by atoms with Gasteiger partial charge in [0.25, 0.3) is 5.69 Å². The van der Waals surface area contributed by atoms with Gasteiger partial charge in [-0.1, -0.05) is 18.2 Å². The minimum atomic E-state index is -0.827. The molecule has 0 spiro atoms. The van der Waals surface area contributed by atoms with Gasteiger partial charge in [-0.2, -0.15) is 0 Å². The molecule has 2 N–H and O–H groups in total. The van der Waals surface area contributed by atoms with Crippen LogP contribution >= 0.6 is 17.0 Å². The van der Waals surface area contributed by atoms with E-state index in [4.69, 9.17) is 0 Å². The van der Waals surface area contributed by atoms with E-state index in [2.05, 4.69) is 20.9 Å². The Bertz CT molecular complexity index is 1140. The molecule has 4 rings (SSSR count). The van der Waals surface area contributed by atoms with Crippen LogP contribution in [0.5, 0.6) is 0 Å². The van der Waals surface area contributed by atoms with Crippen LogP contribution in [0.3, 0.4) is 0 Å². The van der Waals surface area contributed by atoms with E-state index in [1.54, 1.807) is 0 Å². The average molecular weight is 433 g/mol. The van der Waals surface area contributed by atoms with Crippen LogP contribution in [0, 0.1) is 10.1 Å². The Morgan fingerprint density at radius 1 is 1.11 bits per heavy atom. The van der Waals surface area contributed by atoms with Gasteiger partial charge in [-0.25, -0.2) is 0 Å². The Morgan fingerprint density at radius 3 is 2.63 bits per heavy atom. The number of H-pyrrole nitrogens is 2. The first-order valence-corrected chi connectivity index (χ1v) is 8.29. The van der Waals surface area contributed by atoms with E-state index >= 15 is 0 Å². The third-order valence-electron chi connectivity index (χ3n) is 4.68. The average Bonchev–Trinajstić information content (AvgIpc) is 2.63. The largest absolute Gasteiger partial charge is 0.367 e. The third-order valence-corrected chi connectivity index (χ3v) is 4.68. The molecule has 1 aliphatic heterocycles. The Balaban J connectivity index is 0.00000210. The van der Waals surface area contributed by atoms with E-state index in [0.717, 1.165) is 25.1 Å². The molecule has 1 aliphatic rings. The third kappa shape index (κ3) is 3.50. The van der Waals surface area contributed by atoms with Gasteiger partial charge in [0, 0.05) is 36.5 Å². The first-order chi connectivity index (χ1) is 12.5. The summed E-state index contributed by atoms with van der Waals surface area (Å²) >= 11 is 0. The molecule has 2 heterocycles. The fourth-order valence-electron chi connectivity index (χ4n) is 3.49. The van der Waals surface area contributed by atoms with E-state index in [9.17, 15) is 19.7 Å². The summed E-state index contributed by atoms with van der Waals surface area (Å²) in [6, 6.07) is 10.8. The molecule has 9 heteroatoms. The van der Waals surface area contributed by atoms with Crippen molar-refractivity contribution in [2.24, 2.45) is 0 Å². The maximum absolute atomic E-state index is 11.7. The number of nitrogens with one attached hydrogen (secondary N) is 2. The zero-order valence-corrected chi connectivity index (χ0v) is 15.9. The minimum absolute atomic E-state index is 0. The molecule has 0 fully saturated rings. The highest BCUT2D eigenvalue weighted by atomic mass is 79.9. The molecule has 140 valence electrons. The second-order valence-corrected chi connectivity index (χ2v) is 6.35. The Morgan fingerprint density at radius 2 is 1.85 bits per heavy atom. The maximum atomic E-state index is 11.7. The monoisotopic (exact) mass is 432 g/mol. The Labute approximate surface area is 163 Å². The summed E-state index contributed by atoms with van der Waals surface area (Å²) in [5.41, 5.74) is 1.87. The van der Waals surface area contributed by atoms with Crippen molar-refractivity contribution in [3.8, 4) is 0 Å². The number of nitrogens with zero attached hydrogens (tertiary/aromatic N) is 2. The van der Waals surface area contributed by atoms with Gasteiger partial charge in [0.2, 0.25) is 0 Å². The molecule has 0 unspecified atom stereocenters. The van der Waals surface area contributed by atoms with Gasteiger partial charge < -0.3 is 14.9 Å². The number of nitro groups is 1. The molecule has 0 atom stereocenters. The molecule has 0 amide bonds. The van der Waals surface area contributed by atoms with Crippen molar-refractivity contribution in [1.82, 2.24) is 9.97 Å². The van der Waals surface area contributed by atoms with Crippen LogP contribution in [-0.4, -0.2) is 21.4 Å². The van der Waals surface area contributed by atoms with Gasteiger partial charge in [-0.05, 0) is 24.5 Å². The van der Waals surface area contributed by atoms with Crippen LogP contribution in [0.15, 0.2) is 46.0 Å². The van der Waals surface area contributed by atoms with Crippen molar-refractivity contribution in [1.29, 1.82) is 0 Å². The summed E-state index contributed by atoms with van der Waals surface area (Å²) in [7, 11) is 0. The number of para-hydroxylation sites is 1. The van der Waals surface area contributed by atoms with Crippen molar-refractivity contribution in [2.75, 3.05) is 11.4 Å². The van der Waals surface area contributed by atoms with Crippen molar-refractivity contribution >= 4 is 39.4 Å². The van der Waals surface area contributed by atoms with E-state index < -0.39 is 16.0 Å². The predicted molar refractivity (Wildman–Crippen MR) is 108 cm³/mol. The highest BCUT2D eigenvalue weighted by molar-refractivity contribution is 8.93. The van der Waals surface area contributed by atoms with Crippen LogP contribution in [0.25, 0.3) is 11.0 Å². The Kier molecular flexibility index (Phi) is 5.13. The number of non-ortho nitro benzene ring substituents is 1. The van der Waals surface area contributed by atoms with E-state index in [0.29, 0.717) is 17.6 Å². The molecule has 0 saturated carbocycles. The number of halogens is 1. The summed E-state index contributed by atoms with van der Waals surface area (Å²) < 4.78 is 0. The molecule has 0 aliphatic carbocycles. The lowest BCUT2D eigenvalue weighted by atomic mass is 10.0. The van der Waals surface area contributed by atoms with E-state index in [-0.39, 0.29) is 28.2 Å². The summed E-state index contributed by atoms with van der Waals surface area (Å²) in [4.78, 5) is 41.2. The van der Waals surface area contributed by atoms with Gasteiger partial charge in [-0.3, -0.25) is 19.7 Å². The first-order valence-electron chi connectivity index (χ1n) is 8.29. The topological polar surface area (TPSA) is 112 Å². The second-order valence-electron chi connectivity index (χ2n) is 6.35. The number of aromatic nitrogens is 2. The quantitative estimate of drug-likeness (QED) is 0.375. The lowest BCUT2D eigenvalue weighted by Gasteiger charge is -2.31. The summed E-state index contributed by atoms with van der Waals surface area (Å²) in [5, 5.41) is 11.3. The van der Waals surface area contributed by atoms with Gasteiger partial charge in [-0.15, -0.1) is 17.0 Å². The highest BCUT2D eigenvalue weighted by Gasteiger charge is 2.20. The number of anilines is 1. The first kappa shape index (κ1) is 18.8. The molecule has 0 bridgehead atoms. The molecular formula is C18H17BrN4O4. The number of aryl methyl sites for hydroxylation is 1. The normalized spacial score (nSPS) is 13.1.